The maximum Gasteiger partial charge on any atom is 0.266 e. The van der Waals surface area contributed by atoms with Crippen molar-refractivity contribution < 1.29 is 17.9 Å². The first-order chi connectivity index (χ1) is 17.7. The molecule has 7 nitrogen and oxygen atoms in total. The normalized spacial score (nSPS) is 20.4. The Morgan fingerprint density at radius 3 is 2.54 bits per heavy atom. The zero-order valence-electron chi connectivity index (χ0n) is 20.5. The second-order valence-electron chi connectivity index (χ2n) is 9.55. The number of benzene rings is 2. The number of ether oxygens (including phenoxy) is 1. The van der Waals surface area contributed by atoms with Crippen LogP contribution in [0.2, 0.25) is 0 Å². The quantitative estimate of drug-likeness (QED) is 0.302. The number of thioether (sulfide) groups is 1. The summed E-state index contributed by atoms with van der Waals surface area (Å²) in [6.45, 7) is 4.84. The van der Waals surface area contributed by atoms with Gasteiger partial charge in [0.15, 0.2) is 9.84 Å². The monoisotopic (exact) mass is 553 g/mol. The molecule has 3 heterocycles. The molecule has 37 heavy (non-hydrogen) atoms. The standard InChI is InChI=1S/C27H27N3O4S3/c1-18(2)16-34-23-10-8-19(9-11-23)25-20(15-29(28-25)21-6-4-3-5-7-21)14-24-26(31)30(27(35)36-24)22-12-13-37(32,33)17-22/h3-11,14-15,18,22H,12-13,16-17H2,1-2H3/b24-14-/t22-/m1/s1. The lowest BCUT2D eigenvalue weighted by Crippen LogP contribution is -2.39. The zero-order chi connectivity index (χ0) is 26.2. The van der Waals surface area contributed by atoms with E-state index in [9.17, 15) is 13.2 Å². The topological polar surface area (TPSA) is 81.5 Å². The molecular formula is C27H27N3O4S3. The second-order valence-corrected chi connectivity index (χ2v) is 13.5. The van der Waals surface area contributed by atoms with Crippen LogP contribution in [-0.2, 0) is 14.6 Å². The van der Waals surface area contributed by atoms with Gasteiger partial charge in [-0.05, 0) is 54.8 Å². The molecule has 1 amide bonds. The molecule has 2 fully saturated rings. The third kappa shape index (κ3) is 5.66. The highest BCUT2D eigenvalue weighted by molar-refractivity contribution is 8.26. The number of sulfone groups is 1. The minimum Gasteiger partial charge on any atom is -0.493 e. The minimum absolute atomic E-state index is 0.0465. The molecule has 10 heteroatoms. The maximum atomic E-state index is 13.3. The predicted octanol–water partition coefficient (Wildman–Crippen LogP) is 4.96. The van der Waals surface area contributed by atoms with Gasteiger partial charge in [0.25, 0.3) is 5.91 Å². The number of hydrogen-bond acceptors (Lipinski definition) is 7. The van der Waals surface area contributed by atoms with Crippen molar-refractivity contribution in [2.24, 2.45) is 5.92 Å². The van der Waals surface area contributed by atoms with Crippen LogP contribution in [0.1, 0.15) is 25.8 Å². The van der Waals surface area contributed by atoms with Crippen LogP contribution in [-0.4, -0.2) is 57.5 Å². The van der Waals surface area contributed by atoms with Gasteiger partial charge in [0, 0.05) is 17.3 Å². The van der Waals surface area contributed by atoms with Crippen LogP contribution in [0.3, 0.4) is 0 Å². The average Bonchev–Trinajstić information content (AvgIpc) is 3.53. The minimum atomic E-state index is -3.14. The van der Waals surface area contributed by atoms with Crippen molar-refractivity contribution in [1.82, 2.24) is 14.7 Å². The van der Waals surface area contributed by atoms with Crippen LogP contribution >= 0.6 is 24.0 Å². The number of carbonyl (C=O) groups excluding carboxylic acids is 1. The van der Waals surface area contributed by atoms with Crippen molar-refractivity contribution in [3.63, 3.8) is 0 Å². The SMILES string of the molecule is CC(C)COc1ccc(-c2nn(-c3ccccc3)cc2/C=C2\SC(=S)N([C@@H]3CCS(=O)(=O)C3)C2=O)cc1. The van der Waals surface area contributed by atoms with E-state index in [1.807, 2.05) is 60.8 Å². The summed E-state index contributed by atoms with van der Waals surface area (Å²) in [5.74, 6) is 0.992. The number of nitrogens with zero attached hydrogens (tertiary/aromatic N) is 3. The first-order valence-electron chi connectivity index (χ1n) is 12.1. The van der Waals surface area contributed by atoms with Gasteiger partial charge in [-0.3, -0.25) is 9.69 Å². The van der Waals surface area contributed by atoms with Crippen molar-refractivity contribution in [2.45, 2.75) is 26.3 Å². The molecule has 0 saturated carbocycles. The summed E-state index contributed by atoms with van der Waals surface area (Å²) in [4.78, 5) is 15.3. The number of amides is 1. The van der Waals surface area contributed by atoms with Crippen LogP contribution in [0, 0.1) is 5.92 Å². The maximum absolute atomic E-state index is 13.3. The Kier molecular flexibility index (Phi) is 7.24. The lowest BCUT2D eigenvalue weighted by molar-refractivity contribution is -0.123. The van der Waals surface area contributed by atoms with Gasteiger partial charge >= 0.3 is 0 Å². The first-order valence-corrected chi connectivity index (χ1v) is 15.1. The third-order valence-electron chi connectivity index (χ3n) is 6.16. The molecule has 0 bridgehead atoms. The van der Waals surface area contributed by atoms with Crippen LogP contribution in [0.15, 0.2) is 65.7 Å². The van der Waals surface area contributed by atoms with E-state index in [-0.39, 0.29) is 17.4 Å². The zero-order valence-corrected chi connectivity index (χ0v) is 23.0. The smallest absolute Gasteiger partial charge is 0.266 e. The van der Waals surface area contributed by atoms with Crippen LogP contribution in [0.5, 0.6) is 5.75 Å². The Balaban J connectivity index is 1.49. The van der Waals surface area contributed by atoms with Crippen molar-refractivity contribution in [3.8, 4) is 22.7 Å². The van der Waals surface area contributed by atoms with E-state index in [0.29, 0.717) is 33.9 Å². The van der Waals surface area contributed by atoms with E-state index >= 15 is 0 Å². The molecule has 0 spiro atoms. The number of carbonyl (C=O) groups is 1. The average molecular weight is 554 g/mol. The predicted molar refractivity (Wildman–Crippen MR) is 151 cm³/mol. The summed E-state index contributed by atoms with van der Waals surface area (Å²) in [6, 6.07) is 17.1. The van der Waals surface area contributed by atoms with E-state index in [2.05, 4.69) is 13.8 Å². The molecule has 0 radical (unpaired) electrons. The second kappa shape index (κ2) is 10.4. The van der Waals surface area contributed by atoms with Gasteiger partial charge in [-0.2, -0.15) is 5.10 Å². The molecule has 2 aromatic carbocycles. The molecule has 3 aromatic rings. The van der Waals surface area contributed by atoms with Crippen LogP contribution < -0.4 is 4.74 Å². The van der Waals surface area contributed by atoms with Crippen LogP contribution in [0.25, 0.3) is 23.0 Å². The Morgan fingerprint density at radius 1 is 1.16 bits per heavy atom. The molecule has 1 atom stereocenters. The Hall–Kier alpha value is -2.95. The fourth-order valence-corrected chi connectivity index (χ4v) is 7.41. The fourth-order valence-electron chi connectivity index (χ4n) is 4.32. The summed E-state index contributed by atoms with van der Waals surface area (Å²) in [7, 11) is -3.14. The molecular weight excluding hydrogens is 527 g/mol. The van der Waals surface area contributed by atoms with Gasteiger partial charge in [0.2, 0.25) is 0 Å². The van der Waals surface area contributed by atoms with E-state index in [0.717, 1.165) is 22.6 Å². The number of rotatable bonds is 7. The molecule has 5 rings (SSSR count). The summed E-state index contributed by atoms with van der Waals surface area (Å²) in [5.41, 5.74) is 3.26. The van der Waals surface area contributed by atoms with Crippen molar-refractivity contribution in [1.29, 1.82) is 0 Å². The number of aromatic nitrogens is 2. The highest BCUT2D eigenvalue weighted by Gasteiger charge is 2.42. The third-order valence-corrected chi connectivity index (χ3v) is 9.24. The molecule has 2 saturated heterocycles. The summed E-state index contributed by atoms with van der Waals surface area (Å²) >= 11 is 6.69. The van der Waals surface area contributed by atoms with Gasteiger partial charge < -0.3 is 4.74 Å². The van der Waals surface area contributed by atoms with Gasteiger partial charge in [-0.15, -0.1) is 0 Å². The Labute approximate surface area is 226 Å². The molecule has 192 valence electrons. The van der Waals surface area contributed by atoms with Gasteiger partial charge in [0.1, 0.15) is 10.1 Å². The lowest BCUT2D eigenvalue weighted by Gasteiger charge is -2.20. The van der Waals surface area contributed by atoms with E-state index in [1.54, 1.807) is 10.8 Å². The Morgan fingerprint density at radius 2 is 1.89 bits per heavy atom. The number of thiocarbonyl (C=S) groups is 1. The molecule has 0 unspecified atom stereocenters. The molecule has 1 aromatic heterocycles. The molecule has 0 N–H and O–H groups in total. The number of hydrogen-bond donors (Lipinski definition) is 0. The van der Waals surface area contributed by atoms with Gasteiger partial charge in [-0.1, -0.05) is 56.0 Å². The van der Waals surface area contributed by atoms with Crippen molar-refractivity contribution in [2.75, 3.05) is 18.1 Å². The van der Waals surface area contributed by atoms with E-state index in [1.165, 1.54) is 16.7 Å². The highest BCUT2D eigenvalue weighted by atomic mass is 32.2. The van der Waals surface area contributed by atoms with Crippen LogP contribution in [0.4, 0.5) is 0 Å². The molecule has 2 aliphatic rings. The number of para-hydroxylation sites is 1. The molecule has 2 aliphatic heterocycles. The van der Waals surface area contributed by atoms with E-state index in [4.69, 9.17) is 22.1 Å². The molecule has 0 aliphatic carbocycles. The van der Waals surface area contributed by atoms with Gasteiger partial charge in [-0.25, -0.2) is 13.1 Å². The van der Waals surface area contributed by atoms with Crippen molar-refractivity contribution in [3.05, 3.63) is 71.3 Å². The lowest BCUT2D eigenvalue weighted by atomic mass is 10.1. The summed E-state index contributed by atoms with van der Waals surface area (Å²) < 4.78 is 32.0. The first kappa shape index (κ1) is 25.7. The Bertz CT molecular complexity index is 1460. The van der Waals surface area contributed by atoms with Gasteiger partial charge in [0.05, 0.1) is 40.4 Å². The van der Waals surface area contributed by atoms with Crippen molar-refractivity contribution >= 4 is 50.1 Å². The summed E-state index contributed by atoms with van der Waals surface area (Å²) in [6.07, 6.45) is 4.10. The highest BCUT2D eigenvalue weighted by Crippen LogP contribution is 2.38. The van der Waals surface area contributed by atoms with E-state index < -0.39 is 15.9 Å². The largest absolute Gasteiger partial charge is 0.493 e. The fraction of sp³-hybridized carbons (Fsp3) is 0.296. The summed E-state index contributed by atoms with van der Waals surface area (Å²) in [5, 5.41) is 4.84.